The second-order valence-corrected chi connectivity index (χ2v) is 10.2. The fourth-order valence-electron chi connectivity index (χ4n) is 4.18. The smallest absolute Gasteiger partial charge is 0.416 e. The van der Waals surface area contributed by atoms with E-state index in [1.165, 1.54) is 12.1 Å². The summed E-state index contributed by atoms with van der Waals surface area (Å²) in [6.45, 7) is 11.6. The summed E-state index contributed by atoms with van der Waals surface area (Å²) in [4.78, 5) is 0.970. The second kappa shape index (κ2) is 11.3. The van der Waals surface area contributed by atoms with Crippen LogP contribution >= 0.6 is 11.9 Å². The lowest BCUT2D eigenvalue weighted by Crippen LogP contribution is -2.36. The van der Waals surface area contributed by atoms with E-state index in [0.29, 0.717) is 17.9 Å². The van der Waals surface area contributed by atoms with E-state index in [-0.39, 0.29) is 5.41 Å². The van der Waals surface area contributed by atoms with Gasteiger partial charge in [0.15, 0.2) is 0 Å². The van der Waals surface area contributed by atoms with Crippen molar-refractivity contribution in [3.63, 3.8) is 0 Å². The molecule has 0 aromatic heterocycles. The van der Waals surface area contributed by atoms with Crippen molar-refractivity contribution < 1.29 is 17.9 Å². The molecule has 0 unspecified atom stereocenters. The molecule has 0 N–H and O–H groups in total. The first kappa shape index (κ1) is 27.5. The van der Waals surface area contributed by atoms with Crippen LogP contribution in [-0.2, 0) is 12.6 Å². The van der Waals surface area contributed by atoms with Crippen molar-refractivity contribution in [2.45, 2.75) is 52.1 Å². The fraction of sp³-hybridized carbons (Fsp3) is 0.345. The predicted molar refractivity (Wildman–Crippen MR) is 141 cm³/mol. The van der Waals surface area contributed by atoms with Gasteiger partial charge in [0.05, 0.1) is 23.4 Å². The summed E-state index contributed by atoms with van der Waals surface area (Å²) in [5.74, 6) is 0.573. The number of fused-ring (bicyclic) bond motifs is 1. The molecule has 0 fully saturated rings. The van der Waals surface area contributed by atoms with Gasteiger partial charge in [0, 0.05) is 11.4 Å². The molecule has 0 saturated heterocycles. The number of alkyl halides is 3. The summed E-state index contributed by atoms with van der Waals surface area (Å²) in [6, 6.07) is 19.1. The Bertz CT molecular complexity index is 1230. The maximum Gasteiger partial charge on any atom is 0.416 e. The molecule has 4 rings (SSSR count). The van der Waals surface area contributed by atoms with Crippen molar-refractivity contribution in [2.24, 2.45) is 5.41 Å². The third-order valence-electron chi connectivity index (χ3n) is 5.72. The lowest BCUT2D eigenvalue weighted by molar-refractivity contribution is -0.137. The van der Waals surface area contributed by atoms with Gasteiger partial charge in [-0.25, -0.2) is 0 Å². The quantitative estimate of drug-likeness (QED) is 0.320. The SMILES string of the molecule is CC.CCOc1cc(SN2CC(C)(C)Cc3cc(-c4ccc(C(F)(F)F)cc4)ccc32)ccc1C#N. The Morgan fingerprint density at radius 2 is 1.67 bits per heavy atom. The van der Waals surface area contributed by atoms with Crippen molar-refractivity contribution in [2.75, 3.05) is 17.5 Å². The van der Waals surface area contributed by atoms with E-state index < -0.39 is 11.7 Å². The Morgan fingerprint density at radius 1 is 1.00 bits per heavy atom. The number of nitriles is 1. The van der Waals surface area contributed by atoms with Crippen LogP contribution in [0.4, 0.5) is 18.9 Å². The number of anilines is 1. The Balaban J connectivity index is 0.00000176. The van der Waals surface area contributed by atoms with Gasteiger partial charge in [0.2, 0.25) is 0 Å². The molecule has 0 aliphatic carbocycles. The van der Waals surface area contributed by atoms with Crippen LogP contribution in [0, 0.1) is 16.7 Å². The van der Waals surface area contributed by atoms with E-state index >= 15 is 0 Å². The first-order chi connectivity index (χ1) is 17.1. The largest absolute Gasteiger partial charge is 0.492 e. The molecule has 3 aromatic carbocycles. The topological polar surface area (TPSA) is 36.3 Å². The number of nitrogens with zero attached hydrogens (tertiary/aromatic N) is 2. The van der Waals surface area contributed by atoms with E-state index in [0.717, 1.165) is 52.4 Å². The summed E-state index contributed by atoms with van der Waals surface area (Å²) in [7, 11) is 0. The van der Waals surface area contributed by atoms with Gasteiger partial charge in [-0.3, -0.25) is 0 Å². The first-order valence-corrected chi connectivity index (χ1v) is 12.8. The molecule has 1 aliphatic heterocycles. The summed E-state index contributed by atoms with van der Waals surface area (Å²) in [5, 5.41) is 9.33. The van der Waals surface area contributed by atoms with Crippen LogP contribution in [0.25, 0.3) is 11.1 Å². The van der Waals surface area contributed by atoms with Gasteiger partial charge in [0.25, 0.3) is 0 Å². The average Bonchev–Trinajstić information content (AvgIpc) is 2.84. The van der Waals surface area contributed by atoms with E-state index in [1.807, 2.05) is 45.0 Å². The molecule has 0 amide bonds. The van der Waals surface area contributed by atoms with Crippen molar-refractivity contribution in [3.05, 3.63) is 77.4 Å². The molecule has 1 heterocycles. The maximum atomic E-state index is 12.9. The number of halogens is 3. The highest BCUT2D eigenvalue weighted by atomic mass is 32.2. The summed E-state index contributed by atoms with van der Waals surface area (Å²) >= 11 is 1.59. The van der Waals surface area contributed by atoms with Gasteiger partial charge < -0.3 is 9.04 Å². The molecular weight excluding hydrogens is 481 g/mol. The first-order valence-electron chi connectivity index (χ1n) is 12.0. The number of rotatable bonds is 5. The Hall–Kier alpha value is -3.11. The normalized spacial score (nSPS) is 14.2. The van der Waals surface area contributed by atoms with E-state index in [2.05, 4.69) is 30.3 Å². The molecule has 0 saturated carbocycles. The van der Waals surface area contributed by atoms with Crippen LogP contribution in [0.2, 0.25) is 0 Å². The highest BCUT2D eigenvalue weighted by molar-refractivity contribution is 8.00. The van der Waals surface area contributed by atoms with Crippen LogP contribution in [0.5, 0.6) is 5.75 Å². The highest BCUT2D eigenvalue weighted by Crippen LogP contribution is 2.43. The van der Waals surface area contributed by atoms with Crippen LogP contribution in [0.1, 0.15) is 51.3 Å². The number of hydrogen-bond acceptors (Lipinski definition) is 4. The molecule has 3 aromatic rings. The van der Waals surface area contributed by atoms with Gasteiger partial charge >= 0.3 is 6.18 Å². The van der Waals surface area contributed by atoms with E-state index in [9.17, 15) is 18.4 Å². The van der Waals surface area contributed by atoms with Crippen molar-refractivity contribution in [3.8, 4) is 22.9 Å². The molecule has 7 heteroatoms. The second-order valence-electron chi connectivity index (χ2n) is 9.09. The monoisotopic (exact) mass is 512 g/mol. The highest BCUT2D eigenvalue weighted by Gasteiger charge is 2.32. The Labute approximate surface area is 216 Å². The lowest BCUT2D eigenvalue weighted by atomic mass is 9.81. The van der Waals surface area contributed by atoms with Gasteiger partial charge in [-0.1, -0.05) is 45.9 Å². The summed E-state index contributed by atoms with van der Waals surface area (Å²) < 4.78 is 46.7. The maximum absolute atomic E-state index is 12.9. The minimum absolute atomic E-state index is 0.00804. The number of hydrogen-bond donors (Lipinski definition) is 0. The molecule has 0 atom stereocenters. The van der Waals surface area contributed by atoms with Gasteiger partial charge in [0.1, 0.15) is 11.8 Å². The zero-order valence-corrected chi connectivity index (χ0v) is 22.1. The van der Waals surface area contributed by atoms with Crippen LogP contribution < -0.4 is 9.04 Å². The van der Waals surface area contributed by atoms with Crippen LogP contribution in [-0.4, -0.2) is 13.2 Å². The third kappa shape index (κ3) is 6.36. The van der Waals surface area contributed by atoms with E-state index in [1.54, 1.807) is 18.0 Å². The predicted octanol–water partition coefficient (Wildman–Crippen LogP) is 8.76. The zero-order chi connectivity index (χ0) is 26.5. The summed E-state index contributed by atoms with van der Waals surface area (Å²) in [6.07, 6.45) is -3.48. The molecule has 1 aliphatic rings. The molecule has 190 valence electrons. The van der Waals surface area contributed by atoms with Crippen LogP contribution in [0.3, 0.4) is 0 Å². The van der Waals surface area contributed by atoms with Gasteiger partial charge in [-0.15, -0.1) is 0 Å². The zero-order valence-electron chi connectivity index (χ0n) is 21.2. The minimum Gasteiger partial charge on any atom is -0.492 e. The van der Waals surface area contributed by atoms with Crippen molar-refractivity contribution in [1.82, 2.24) is 0 Å². The molecule has 36 heavy (non-hydrogen) atoms. The average molecular weight is 513 g/mol. The molecule has 3 nitrogen and oxygen atoms in total. The van der Waals surface area contributed by atoms with Crippen molar-refractivity contribution in [1.29, 1.82) is 5.26 Å². The standard InChI is InChI=1S/C27H25F3N2OS.C2H6/c1-4-33-25-14-23(11-7-20(25)16-31)34-32-17-26(2,3)15-21-13-19(8-12-24(21)32)18-5-9-22(10-6-18)27(28,29)30;1-2/h5-14H,4,15,17H2,1-3H3;1-2H3. The lowest BCUT2D eigenvalue weighted by Gasteiger charge is -2.40. The van der Waals surface area contributed by atoms with Crippen LogP contribution in [0.15, 0.2) is 65.6 Å². The fourth-order valence-corrected chi connectivity index (χ4v) is 5.42. The molecule has 0 radical (unpaired) electrons. The Kier molecular flexibility index (Phi) is 8.63. The summed E-state index contributed by atoms with van der Waals surface area (Å²) in [5.41, 5.74) is 3.76. The molecule has 0 bridgehead atoms. The van der Waals surface area contributed by atoms with Gasteiger partial charge in [-0.05, 0) is 89.9 Å². The van der Waals surface area contributed by atoms with E-state index in [4.69, 9.17) is 4.74 Å². The minimum atomic E-state index is -4.34. The molecular formula is C29H31F3N2OS. The Morgan fingerprint density at radius 3 is 2.28 bits per heavy atom. The molecule has 0 spiro atoms. The third-order valence-corrected chi connectivity index (χ3v) is 6.73. The number of benzene rings is 3. The van der Waals surface area contributed by atoms with Gasteiger partial charge in [-0.2, -0.15) is 18.4 Å². The van der Waals surface area contributed by atoms with Crippen molar-refractivity contribution >= 4 is 17.6 Å². The number of ether oxygens (including phenoxy) is 1.